The number of hydrogen-bond donors (Lipinski definition) is 0. The average Bonchev–Trinajstić information content (AvgIpc) is 3.02. The van der Waals surface area contributed by atoms with Crippen molar-refractivity contribution in [2.75, 3.05) is 5.75 Å². The standard InChI is InChI=1S/C18H11Cl2F3N2O3S/c19-11-5-7-12(8-6-11)29(27,28)9-15(26)16-17(20)25(10-24-16)14-4-2-1-3-13(14)18(21,22)23/h1-8,10H,9H2. The summed E-state index contributed by atoms with van der Waals surface area (Å²) in [6.45, 7) is 0. The van der Waals surface area contributed by atoms with E-state index in [0.717, 1.165) is 23.0 Å². The van der Waals surface area contributed by atoms with E-state index in [1.165, 1.54) is 36.4 Å². The number of benzene rings is 2. The molecule has 0 unspecified atom stereocenters. The van der Waals surface area contributed by atoms with Crippen LogP contribution in [0.2, 0.25) is 10.2 Å². The maximum Gasteiger partial charge on any atom is 0.418 e. The van der Waals surface area contributed by atoms with Crippen LogP contribution >= 0.6 is 23.2 Å². The third-order valence-corrected chi connectivity index (χ3v) is 6.18. The van der Waals surface area contributed by atoms with Gasteiger partial charge < -0.3 is 0 Å². The van der Waals surface area contributed by atoms with Gasteiger partial charge in [-0.2, -0.15) is 13.2 Å². The molecule has 0 bridgehead atoms. The second-order valence-electron chi connectivity index (χ2n) is 5.91. The van der Waals surface area contributed by atoms with Crippen molar-refractivity contribution in [2.45, 2.75) is 11.1 Å². The maximum atomic E-state index is 13.2. The first-order valence-corrected chi connectivity index (χ1v) is 10.3. The van der Waals surface area contributed by atoms with Crippen LogP contribution < -0.4 is 0 Å². The summed E-state index contributed by atoms with van der Waals surface area (Å²) in [5, 5.41) is -0.0987. The minimum absolute atomic E-state index is 0.131. The van der Waals surface area contributed by atoms with Crippen molar-refractivity contribution in [3.8, 4) is 5.69 Å². The van der Waals surface area contributed by atoms with E-state index in [-0.39, 0.29) is 10.6 Å². The van der Waals surface area contributed by atoms with E-state index in [1.807, 2.05) is 0 Å². The summed E-state index contributed by atoms with van der Waals surface area (Å²) in [5.41, 5.74) is -1.76. The first kappa shape index (κ1) is 21.4. The van der Waals surface area contributed by atoms with Crippen LogP contribution in [0.4, 0.5) is 13.2 Å². The van der Waals surface area contributed by atoms with Gasteiger partial charge in [0.05, 0.1) is 16.1 Å². The van der Waals surface area contributed by atoms with Crippen LogP contribution in [-0.4, -0.2) is 29.5 Å². The van der Waals surface area contributed by atoms with Gasteiger partial charge >= 0.3 is 6.18 Å². The molecule has 0 radical (unpaired) electrons. The number of halogens is 5. The lowest BCUT2D eigenvalue weighted by molar-refractivity contribution is -0.137. The van der Waals surface area contributed by atoms with Gasteiger partial charge in [-0.15, -0.1) is 0 Å². The minimum atomic E-state index is -4.66. The van der Waals surface area contributed by atoms with Gasteiger partial charge in [-0.25, -0.2) is 13.4 Å². The summed E-state index contributed by atoms with van der Waals surface area (Å²) in [5.74, 6) is -1.90. The zero-order chi connectivity index (χ0) is 21.4. The van der Waals surface area contributed by atoms with Crippen LogP contribution in [0.25, 0.3) is 5.69 Å². The molecule has 0 amide bonds. The van der Waals surface area contributed by atoms with E-state index < -0.39 is 44.0 Å². The smallest absolute Gasteiger partial charge is 0.291 e. The van der Waals surface area contributed by atoms with Crippen molar-refractivity contribution < 1.29 is 26.4 Å². The van der Waals surface area contributed by atoms with Crippen LogP contribution in [0.5, 0.6) is 0 Å². The molecule has 0 saturated carbocycles. The number of rotatable bonds is 5. The summed E-state index contributed by atoms with van der Waals surface area (Å²) >= 11 is 11.8. The Morgan fingerprint density at radius 1 is 1.03 bits per heavy atom. The van der Waals surface area contributed by atoms with Crippen LogP contribution in [0.1, 0.15) is 16.1 Å². The van der Waals surface area contributed by atoms with Gasteiger partial charge in [0.2, 0.25) is 0 Å². The number of imidazole rings is 1. The Hall–Kier alpha value is -2.36. The highest BCUT2D eigenvalue weighted by molar-refractivity contribution is 7.92. The molecule has 2 aromatic carbocycles. The zero-order valence-electron chi connectivity index (χ0n) is 14.3. The second kappa shape index (κ2) is 7.81. The summed E-state index contributed by atoms with van der Waals surface area (Å²) < 4.78 is 65.4. The summed E-state index contributed by atoms with van der Waals surface area (Å²) in [6, 6.07) is 9.79. The highest BCUT2D eigenvalue weighted by atomic mass is 35.5. The molecule has 3 aromatic rings. The average molecular weight is 463 g/mol. The van der Waals surface area contributed by atoms with Crippen LogP contribution in [0.15, 0.2) is 59.8 Å². The molecule has 0 N–H and O–H groups in total. The molecule has 29 heavy (non-hydrogen) atoms. The SMILES string of the molecule is O=C(CS(=O)(=O)c1ccc(Cl)cc1)c1ncn(-c2ccccc2C(F)(F)F)c1Cl. The van der Waals surface area contributed by atoms with Crippen molar-refractivity contribution in [1.82, 2.24) is 9.55 Å². The number of ketones is 1. The van der Waals surface area contributed by atoms with E-state index >= 15 is 0 Å². The normalized spacial score (nSPS) is 12.2. The number of nitrogens with zero attached hydrogens (tertiary/aromatic N) is 2. The largest absolute Gasteiger partial charge is 0.418 e. The molecule has 0 saturated heterocycles. The molecule has 0 aliphatic rings. The maximum absolute atomic E-state index is 13.2. The summed E-state index contributed by atoms with van der Waals surface area (Å²) in [4.78, 5) is 16.1. The number of hydrogen-bond acceptors (Lipinski definition) is 4. The van der Waals surface area contributed by atoms with E-state index in [9.17, 15) is 26.4 Å². The Morgan fingerprint density at radius 2 is 1.66 bits per heavy atom. The first-order chi connectivity index (χ1) is 13.5. The molecule has 0 atom stereocenters. The van der Waals surface area contributed by atoms with E-state index in [4.69, 9.17) is 23.2 Å². The summed E-state index contributed by atoms with van der Waals surface area (Å²) in [6.07, 6.45) is -3.72. The molecule has 3 rings (SSSR count). The fourth-order valence-corrected chi connectivity index (χ4v) is 4.19. The topological polar surface area (TPSA) is 69.0 Å². The van der Waals surface area contributed by atoms with Crippen LogP contribution in [0.3, 0.4) is 0 Å². The van der Waals surface area contributed by atoms with Gasteiger partial charge in [-0.1, -0.05) is 35.3 Å². The number of sulfone groups is 1. The number of alkyl halides is 3. The molecule has 1 aromatic heterocycles. The number of carbonyl (C=O) groups is 1. The Labute approximate surface area is 173 Å². The third kappa shape index (κ3) is 4.47. The highest BCUT2D eigenvalue weighted by Gasteiger charge is 2.34. The van der Waals surface area contributed by atoms with Gasteiger partial charge in [-0.05, 0) is 36.4 Å². The van der Waals surface area contributed by atoms with Crippen LogP contribution in [-0.2, 0) is 16.0 Å². The molecule has 0 aliphatic carbocycles. The number of carbonyl (C=O) groups excluding carboxylic acids is 1. The molecule has 11 heteroatoms. The lowest BCUT2D eigenvalue weighted by Gasteiger charge is -2.13. The van der Waals surface area contributed by atoms with E-state index in [1.54, 1.807) is 0 Å². The molecule has 0 aliphatic heterocycles. The zero-order valence-corrected chi connectivity index (χ0v) is 16.6. The Balaban J connectivity index is 1.94. The molecule has 0 fully saturated rings. The monoisotopic (exact) mass is 462 g/mol. The molecule has 0 spiro atoms. The summed E-state index contributed by atoms with van der Waals surface area (Å²) in [7, 11) is -4.02. The molecular weight excluding hydrogens is 452 g/mol. The molecule has 152 valence electrons. The number of aromatic nitrogens is 2. The number of Topliss-reactive ketones (excluding diaryl/α,β-unsaturated/α-hetero) is 1. The molecule has 5 nitrogen and oxygen atoms in total. The Morgan fingerprint density at radius 3 is 2.28 bits per heavy atom. The van der Waals surface area contributed by atoms with Gasteiger partial charge in [0.1, 0.15) is 22.9 Å². The lowest BCUT2D eigenvalue weighted by Crippen LogP contribution is -2.17. The first-order valence-electron chi connectivity index (χ1n) is 7.91. The predicted octanol–water partition coefficient (Wildman–Crippen LogP) is 4.85. The van der Waals surface area contributed by atoms with Crippen molar-refractivity contribution >= 4 is 38.8 Å². The van der Waals surface area contributed by atoms with Gasteiger partial charge in [0.25, 0.3) is 0 Å². The van der Waals surface area contributed by atoms with Gasteiger partial charge in [0.15, 0.2) is 15.6 Å². The van der Waals surface area contributed by atoms with Gasteiger partial charge in [0, 0.05) is 5.02 Å². The highest BCUT2D eigenvalue weighted by Crippen LogP contribution is 2.35. The molecular formula is C18H11Cl2F3N2O3S. The second-order valence-corrected chi connectivity index (χ2v) is 8.69. The quantitative estimate of drug-likeness (QED) is 0.508. The van der Waals surface area contributed by atoms with Crippen molar-refractivity contribution in [2.24, 2.45) is 0 Å². The Kier molecular flexibility index (Phi) is 5.75. The van der Waals surface area contributed by atoms with E-state index in [2.05, 4.69) is 4.98 Å². The number of para-hydroxylation sites is 1. The lowest BCUT2D eigenvalue weighted by atomic mass is 10.1. The van der Waals surface area contributed by atoms with Crippen molar-refractivity contribution in [3.63, 3.8) is 0 Å². The minimum Gasteiger partial charge on any atom is -0.291 e. The van der Waals surface area contributed by atoms with Crippen molar-refractivity contribution in [3.05, 3.63) is 76.3 Å². The van der Waals surface area contributed by atoms with E-state index in [0.29, 0.717) is 5.02 Å². The van der Waals surface area contributed by atoms with Gasteiger partial charge in [-0.3, -0.25) is 9.36 Å². The van der Waals surface area contributed by atoms with Crippen molar-refractivity contribution in [1.29, 1.82) is 0 Å². The third-order valence-electron chi connectivity index (χ3n) is 3.94. The Bertz CT molecular complexity index is 1170. The predicted molar refractivity (Wildman–Crippen MR) is 101 cm³/mol. The molecule has 1 heterocycles. The fourth-order valence-electron chi connectivity index (χ4n) is 2.58. The fraction of sp³-hybridized carbons (Fsp3) is 0.111. The van der Waals surface area contributed by atoms with Crippen LogP contribution in [0, 0.1) is 0 Å².